The third-order valence-electron chi connectivity index (χ3n) is 8.68. The van der Waals surface area contributed by atoms with E-state index in [0.29, 0.717) is 10.6 Å². The fraction of sp³-hybridized carbons (Fsp3) is 0.316. The number of rotatable bonds is 4. The largest absolute Gasteiger partial charge is 0.309 e. The van der Waals surface area contributed by atoms with Gasteiger partial charge in [0, 0.05) is 31.9 Å². The minimum atomic E-state index is -0.415. The number of hydrogen-bond donors (Lipinski definition) is 0. The maximum atomic E-state index is 8.67. The van der Waals surface area contributed by atoms with Gasteiger partial charge in [-0.1, -0.05) is 102 Å². The first kappa shape index (κ1) is 22.5. The Hall–Kier alpha value is -3.07. The predicted octanol–water partition coefficient (Wildman–Crippen LogP) is 12.3. The van der Waals surface area contributed by atoms with Crippen molar-refractivity contribution in [3.05, 3.63) is 112 Å². The van der Waals surface area contributed by atoms with Gasteiger partial charge in [-0.2, -0.15) is 0 Å². The minimum Gasteiger partial charge on any atom is -0.309 e. The van der Waals surface area contributed by atoms with Crippen LogP contribution in [0.3, 0.4) is 0 Å². The molecule has 0 amide bonds. The molecule has 1 nitrogen and oxygen atoms in total. The molecule has 0 atom stereocenters. The summed E-state index contributed by atoms with van der Waals surface area (Å²) in [6.45, 7) is 15.9. The standard InChI is InChI=1S/C38H40ClNS/c1-36(2,3)27-13-16-35-31(21-27)34(24-41-35)40(30-20-26(19-28(39)22-30)25-11-9-8-10-12-25)29-14-15-32-33(23-29)38(6,7)18-17-37(32,4)5/h8-16,19-24H,17-18H2,1-7H3/i8D,9D,10D,11D,12D. The molecule has 6 rings (SSSR count). The lowest BCUT2D eigenvalue weighted by molar-refractivity contribution is 0.332. The molecular formula is C38H40ClNS. The molecule has 210 valence electrons. The van der Waals surface area contributed by atoms with E-state index < -0.39 is 6.04 Å². The Bertz CT molecular complexity index is 1990. The first-order valence-corrected chi connectivity index (χ1v) is 15.5. The molecule has 1 heterocycles. The van der Waals surface area contributed by atoms with Crippen molar-refractivity contribution in [2.45, 2.75) is 77.6 Å². The molecule has 0 unspecified atom stereocenters. The fourth-order valence-corrected chi connectivity index (χ4v) is 7.18. The number of thiophene rings is 1. The molecule has 1 aliphatic carbocycles. The predicted molar refractivity (Wildman–Crippen MR) is 181 cm³/mol. The van der Waals surface area contributed by atoms with Gasteiger partial charge in [-0.15, -0.1) is 11.3 Å². The van der Waals surface area contributed by atoms with Gasteiger partial charge in [-0.25, -0.2) is 0 Å². The van der Waals surface area contributed by atoms with Gasteiger partial charge in [0.2, 0.25) is 0 Å². The van der Waals surface area contributed by atoms with E-state index in [-0.39, 0.29) is 46.0 Å². The van der Waals surface area contributed by atoms with Gasteiger partial charge < -0.3 is 4.90 Å². The summed E-state index contributed by atoms with van der Waals surface area (Å²) in [6, 6.07) is 17.3. The second-order valence-corrected chi connectivity index (χ2v) is 15.0. The van der Waals surface area contributed by atoms with Gasteiger partial charge >= 0.3 is 0 Å². The summed E-state index contributed by atoms with van der Waals surface area (Å²) in [5, 5.41) is 3.72. The zero-order chi connectivity index (χ0) is 33.5. The van der Waals surface area contributed by atoms with E-state index in [1.54, 1.807) is 17.4 Å². The summed E-state index contributed by atoms with van der Waals surface area (Å²) in [4.78, 5) is 2.22. The normalized spacial score (nSPS) is 17.7. The smallest absolute Gasteiger partial charge is 0.0647 e. The van der Waals surface area contributed by atoms with E-state index >= 15 is 0 Å². The molecule has 41 heavy (non-hydrogen) atoms. The first-order chi connectivity index (χ1) is 21.4. The summed E-state index contributed by atoms with van der Waals surface area (Å²) >= 11 is 8.52. The second-order valence-electron chi connectivity index (χ2n) is 13.6. The molecule has 0 saturated heterocycles. The van der Waals surface area contributed by atoms with Crippen LogP contribution in [0.2, 0.25) is 5.02 Å². The van der Waals surface area contributed by atoms with E-state index in [1.807, 2.05) is 12.1 Å². The quantitative estimate of drug-likeness (QED) is 0.204. The van der Waals surface area contributed by atoms with E-state index in [4.69, 9.17) is 18.5 Å². The van der Waals surface area contributed by atoms with Crippen LogP contribution in [-0.4, -0.2) is 0 Å². The van der Waals surface area contributed by atoms with Crippen LogP contribution >= 0.6 is 22.9 Å². The summed E-state index contributed by atoms with van der Waals surface area (Å²) in [6.07, 6.45) is 2.21. The highest BCUT2D eigenvalue weighted by molar-refractivity contribution is 7.17. The van der Waals surface area contributed by atoms with Gasteiger partial charge in [-0.05, 0) is 99.4 Å². The Morgan fingerprint density at radius 3 is 2.20 bits per heavy atom. The first-order valence-electron chi connectivity index (χ1n) is 16.8. The van der Waals surface area contributed by atoms with Crippen molar-refractivity contribution in [2.24, 2.45) is 0 Å². The van der Waals surface area contributed by atoms with Crippen LogP contribution < -0.4 is 4.90 Å². The van der Waals surface area contributed by atoms with Crippen molar-refractivity contribution in [3.63, 3.8) is 0 Å². The minimum absolute atomic E-state index is 0.00452. The summed E-state index contributed by atoms with van der Waals surface area (Å²) in [5.74, 6) is 0. The summed E-state index contributed by atoms with van der Waals surface area (Å²) in [7, 11) is 0. The van der Waals surface area contributed by atoms with E-state index in [1.165, 1.54) is 21.4 Å². The molecule has 3 heteroatoms. The lowest BCUT2D eigenvalue weighted by Gasteiger charge is -2.42. The molecule has 5 aromatic rings. The average molecular weight is 583 g/mol. The molecule has 0 radical (unpaired) electrons. The Morgan fingerprint density at radius 1 is 0.780 bits per heavy atom. The van der Waals surface area contributed by atoms with Crippen molar-refractivity contribution in [1.82, 2.24) is 0 Å². The Morgan fingerprint density at radius 2 is 1.49 bits per heavy atom. The monoisotopic (exact) mass is 582 g/mol. The van der Waals surface area contributed by atoms with E-state index in [0.717, 1.165) is 35.3 Å². The number of anilines is 3. The molecule has 1 aliphatic rings. The lowest BCUT2D eigenvalue weighted by Crippen LogP contribution is -2.34. The molecule has 0 saturated carbocycles. The Balaban J connectivity index is 1.65. The molecule has 0 bridgehead atoms. The molecular weight excluding hydrogens is 538 g/mol. The van der Waals surface area contributed by atoms with Crippen LogP contribution in [0.25, 0.3) is 21.2 Å². The Kier molecular flexibility index (Phi) is 5.51. The van der Waals surface area contributed by atoms with Gasteiger partial charge in [0.15, 0.2) is 0 Å². The van der Waals surface area contributed by atoms with Gasteiger partial charge in [-0.3, -0.25) is 0 Å². The zero-order valence-corrected chi connectivity index (χ0v) is 26.5. The van der Waals surface area contributed by atoms with Crippen LogP contribution in [-0.2, 0) is 16.2 Å². The maximum Gasteiger partial charge on any atom is 0.0647 e. The van der Waals surface area contributed by atoms with Crippen LogP contribution in [0.15, 0.2) is 90.2 Å². The third-order valence-corrected chi connectivity index (χ3v) is 9.85. The van der Waals surface area contributed by atoms with Crippen LogP contribution in [0.1, 0.15) is 84.9 Å². The number of fused-ring (bicyclic) bond motifs is 2. The number of hydrogen-bond acceptors (Lipinski definition) is 2. The topological polar surface area (TPSA) is 3.24 Å². The molecule has 0 N–H and O–H groups in total. The van der Waals surface area contributed by atoms with Crippen molar-refractivity contribution in [3.8, 4) is 11.1 Å². The van der Waals surface area contributed by atoms with E-state index in [2.05, 4.69) is 95.1 Å². The number of halogens is 1. The molecule has 0 spiro atoms. The maximum absolute atomic E-state index is 8.67. The lowest BCUT2D eigenvalue weighted by atomic mass is 9.63. The Labute approximate surface area is 261 Å². The average Bonchev–Trinajstić information content (AvgIpc) is 3.40. The van der Waals surface area contributed by atoms with Gasteiger partial charge in [0.1, 0.15) is 0 Å². The SMILES string of the molecule is [2H]c1c([2H])c([2H])c(-c2cc(Cl)cc(N(c3ccc4c(c3)C(C)(C)CCC4(C)C)c3csc4ccc(C(C)(C)C)cc34)c2)c([2H])c1[2H]. The summed E-state index contributed by atoms with van der Waals surface area (Å²) in [5.41, 5.74) is 7.30. The van der Waals surface area contributed by atoms with Crippen LogP contribution in [0.5, 0.6) is 0 Å². The van der Waals surface area contributed by atoms with Gasteiger partial charge in [0.05, 0.1) is 12.5 Å². The number of benzene rings is 4. The molecule has 4 aromatic carbocycles. The highest BCUT2D eigenvalue weighted by Gasteiger charge is 2.37. The molecule has 0 fully saturated rings. The van der Waals surface area contributed by atoms with Crippen molar-refractivity contribution >= 4 is 50.1 Å². The van der Waals surface area contributed by atoms with Crippen LogP contribution in [0, 0.1) is 0 Å². The zero-order valence-electron chi connectivity index (χ0n) is 29.9. The molecule has 0 aliphatic heterocycles. The van der Waals surface area contributed by atoms with Crippen molar-refractivity contribution in [2.75, 3.05) is 4.90 Å². The third kappa shape index (κ3) is 5.22. The summed E-state index contributed by atoms with van der Waals surface area (Å²) < 4.78 is 43.2. The highest BCUT2D eigenvalue weighted by Crippen LogP contribution is 2.50. The van der Waals surface area contributed by atoms with Gasteiger partial charge in [0.25, 0.3) is 0 Å². The van der Waals surface area contributed by atoms with Crippen molar-refractivity contribution in [1.29, 1.82) is 0 Å². The number of nitrogens with zero attached hydrogens (tertiary/aromatic N) is 1. The molecule has 1 aromatic heterocycles. The highest BCUT2D eigenvalue weighted by atomic mass is 35.5. The van der Waals surface area contributed by atoms with Crippen molar-refractivity contribution < 1.29 is 6.85 Å². The van der Waals surface area contributed by atoms with E-state index in [9.17, 15) is 0 Å². The van der Waals surface area contributed by atoms with Crippen LogP contribution in [0.4, 0.5) is 17.1 Å². The second kappa shape index (κ2) is 10.0. The fourth-order valence-electron chi connectivity index (χ4n) is 6.04.